The highest BCUT2D eigenvalue weighted by Gasteiger charge is 2.12. The van der Waals surface area contributed by atoms with Gasteiger partial charge >= 0.3 is 5.97 Å². The molecule has 0 heterocycles. The Morgan fingerprint density at radius 2 is 1.74 bits per heavy atom. The molecule has 0 fully saturated rings. The molecule has 0 N–H and O–H groups in total. The fraction of sp³-hybridized carbons (Fsp3) is 0.500. The maximum atomic E-state index is 11.2. The standard InChI is InChI=1S/C14H21NO4/c1-10-8-12(17-3)13(18-4)9-11(10)15(2)7-6-14(16)19-5/h8-9H,6-7H2,1-5H3. The third-order valence-electron chi connectivity index (χ3n) is 2.99. The molecule has 5 heteroatoms. The highest BCUT2D eigenvalue weighted by Crippen LogP contribution is 2.34. The summed E-state index contributed by atoms with van der Waals surface area (Å²) in [4.78, 5) is 13.2. The lowest BCUT2D eigenvalue weighted by Crippen LogP contribution is -2.22. The molecule has 0 saturated heterocycles. The number of rotatable bonds is 6. The summed E-state index contributed by atoms with van der Waals surface area (Å²) < 4.78 is 15.2. The minimum atomic E-state index is -0.218. The molecular weight excluding hydrogens is 246 g/mol. The smallest absolute Gasteiger partial charge is 0.307 e. The first-order valence-corrected chi connectivity index (χ1v) is 6.04. The maximum absolute atomic E-state index is 11.2. The lowest BCUT2D eigenvalue weighted by molar-refractivity contribution is -0.140. The van der Waals surface area contributed by atoms with Crippen molar-refractivity contribution in [3.63, 3.8) is 0 Å². The molecule has 0 radical (unpaired) electrons. The summed E-state index contributed by atoms with van der Waals surface area (Å²) in [5.74, 6) is 1.16. The Morgan fingerprint density at radius 3 is 2.26 bits per heavy atom. The van der Waals surface area contributed by atoms with E-state index in [1.165, 1.54) is 7.11 Å². The van der Waals surface area contributed by atoms with Crippen LogP contribution in [0.15, 0.2) is 12.1 Å². The van der Waals surface area contributed by atoms with Crippen LogP contribution in [-0.4, -0.2) is 40.9 Å². The van der Waals surface area contributed by atoms with E-state index >= 15 is 0 Å². The predicted molar refractivity (Wildman–Crippen MR) is 74.2 cm³/mol. The number of hydrogen-bond acceptors (Lipinski definition) is 5. The zero-order valence-electron chi connectivity index (χ0n) is 12.1. The number of carbonyl (C=O) groups is 1. The Kier molecular flexibility index (Phi) is 5.48. The fourth-order valence-corrected chi connectivity index (χ4v) is 1.86. The van der Waals surface area contributed by atoms with Crippen LogP contribution in [0, 0.1) is 6.92 Å². The van der Waals surface area contributed by atoms with Gasteiger partial charge in [0.1, 0.15) is 0 Å². The number of hydrogen-bond donors (Lipinski definition) is 0. The van der Waals surface area contributed by atoms with E-state index < -0.39 is 0 Å². The number of methoxy groups -OCH3 is 3. The average molecular weight is 267 g/mol. The third-order valence-corrected chi connectivity index (χ3v) is 2.99. The molecule has 1 rings (SSSR count). The van der Waals surface area contributed by atoms with Gasteiger partial charge in [-0.1, -0.05) is 0 Å². The number of benzene rings is 1. The topological polar surface area (TPSA) is 48.0 Å². The van der Waals surface area contributed by atoms with Gasteiger partial charge < -0.3 is 19.1 Å². The van der Waals surface area contributed by atoms with Crippen LogP contribution >= 0.6 is 0 Å². The number of esters is 1. The molecular formula is C14H21NO4. The van der Waals surface area contributed by atoms with E-state index in [2.05, 4.69) is 4.74 Å². The van der Waals surface area contributed by atoms with Crippen LogP contribution in [0.2, 0.25) is 0 Å². The summed E-state index contributed by atoms with van der Waals surface area (Å²) in [7, 11) is 6.53. The molecule has 0 aliphatic heterocycles. The van der Waals surface area contributed by atoms with Crippen LogP contribution in [0.3, 0.4) is 0 Å². The molecule has 0 unspecified atom stereocenters. The van der Waals surface area contributed by atoms with Crippen molar-refractivity contribution in [1.29, 1.82) is 0 Å². The van der Waals surface area contributed by atoms with Crippen LogP contribution in [0.5, 0.6) is 11.5 Å². The summed E-state index contributed by atoms with van der Waals surface area (Å²) in [6.45, 7) is 2.58. The van der Waals surface area contributed by atoms with Crippen molar-refractivity contribution < 1.29 is 19.0 Å². The van der Waals surface area contributed by atoms with Gasteiger partial charge in [-0.15, -0.1) is 0 Å². The molecule has 0 aromatic heterocycles. The minimum absolute atomic E-state index is 0.218. The Labute approximate surface area is 114 Å². The number of nitrogens with zero attached hydrogens (tertiary/aromatic N) is 1. The van der Waals surface area contributed by atoms with E-state index in [0.29, 0.717) is 24.5 Å². The molecule has 19 heavy (non-hydrogen) atoms. The molecule has 1 aromatic carbocycles. The van der Waals surface area contributed by atoms with E-state index in [4.69, 9.17) is 9.47 Å². The number of aryl methyl sites for hydroxylation is 1. The quantitative estimate of drug-likeness (QED) is 0.738. The summed E-state index contributed by atoms with van der Waals surface area (Å²) in [6.07, 6.45) is 0.348. The Hall–Kier alpha value is -1.91. The first-order chi connectivity index (χ1) is 9.03. The molecule has 0 spiro atoms. The number of anilines is 1. The summed E-state index contributed by atoms with van der Waals surface area (Å²) in [5, 5.41) is 0. The Balaban J connectivity index is 2.90. The van der Waals surface area contributed by atoms with E-state index in [0.717, 1.165) is 11.3 Å². The molecule has 106 valence electrons. The lowest BCUT2D eigenvalue weighted by Gasteiger charge is -2.22. The van der Waals surface area contributed by atoms with Gasteiger partial charge in [-0.25, -0.2) is 0 Å². The second-order valence-corrected chi connectivity index (χ2v) is 4.24. The van der Waals surface area contributed by atoms with Crippen LogP contribution in [0.4, 0.5) is 5.69 Å². The van der Waals surface area contributed by atoms with Crippen molar-refractivity contribution in [2.75, 3.05) is 39.8 Å². The van der Waals surface area contributed by atoms with E-state index in [9.17, 15) is 4.79 Å². The second kappa shape index (κ2) is 6.87. The van der Waals surface area contributed by atoms with Crippen LogP contribution in [0.1, 0.15) is 12.0 Å². The molecule has 0 saturated carbocycles. The molecule has 0 aliphatic rings. The molecule has 0 bridgehead atoms. The zero-order chi connectivity index (χ0) is 14.4. The number of carbonyl (C=O) groups excluding carboxylic acids is 1. The zero-order valence-corrected chi connectivity index (χ0v) is 12.1. The minimum Gasteiger partial charge on any atom is -0.493 e. The van der Waals surface area contributed by atoms with E-state index in [1.54, 1.807) is 14.2 Å². The van der Waals surface area contributed by atoms with Gasteiger partial charge in [-0.3, -0.25) is 4.79 Å². The first-order valence-electron chi connectivity index (χ1n) is 6.04. The molecule has 5 nitrogen and oxygen atoms in total. The van der Waals surface area contributed by atoms with Gasteiger partial charge in [0.05, 0.1) is 27.8 Å². The van der Waals surface area contributed by atoms with Gasteiger partial charge in [-0.2, -0.15) is 0 Å². The van der Waals surface area contributed by atoms with Crippen LogP contribution in [-0.2, 0) is 9.53 Å². The Morgan fingerprint density at radius 1 is 1.16 bits per heavy atom. The molecule has 0 aliphatic carbocycles. The van der Waals surface area contributed by atoms with Crippen LogP contribution < -0.4 is 14.4 Å². The highest BCUT2D eigenvalue weighted by molar-refractivity contribution is 5.70. The predicted octanol–water partition coefficient (Wildman–Crippen LogP) is 2.01. The van der Waals surface area contributed by atoms with Crippen molar-refractivity contribution in [1.82, 2.24) is 0 Å². The number of ether oxygens (including phenoxy) is 3. The SMILES string of the molecule is COC(=O)CCN(C)c1cc(OC)c(OC)cc1C. The monoisotopic (exact) mass is 267 g/mol. The van der Waals surface area contributed by atoms with E-state index in [1.807, 2.05) is 31.0 Å². The van der Waals surface area contributed by atoms with Gasteiger partial charge in [0.2, 0.25) is 0 Å². The second-order valence-electron chi connectivity index (χ2n) is 4.24. The van der Waals surface area contributed by atoms with Gasteiger partial charge in [0, 0.05) is 25.3 Å². The molecule has 0 atom stereocenters. The van der Waals surface area contributed by atoms with Crippen molar-refractivity contribution >= 4 is 11.7 Å². The normalized spacial score (nSPS) is 9.95. The average Bonchev–Trinajstić information content (AvgIpc) is 2.43. The maximum Gasteiger partial charge on any atom is 0.307 e. The fourth-order valence-electron chi connectivity index (χ4n) is 1.86. The van der Waals surface area contributed by atoms with Crippen molar-refractivity contribution in [3.05, 3.63) is 17.7 Å². The third kappa shape index (κ3) is 3.77. The highest BCUT2D eigenvalue weighted by atomic mass is 16.5. The molecule has 0 amide bonds. The lowest BCUT2D eigenvalue weighted by atomic mass is 10.1. The molecule has 1 aromatic rings. The van der Waals surface area contributed by atoms with Gasteiger partial charge in [0.15, 0.2) is 11.5 Å². The largest absolute Gasteiger partial charge is 0.493 e. The van der Waals surface area contributed by atoms with Crippen molar-refractivity contribution in [2.45, 2.75) is 13.3 Å². The summed E-state index contributed by atoms with van der Waals surface area (Å²) in [5.41, 5.74) is 2.06. The van der Waals surface area contributed by atoms with Crippen molar-refractivity contribution in [3.8, 4) is 11.5 Å². The van der Waals surface area contributed by atoms with Crippen LogP contribution in [0.25, 0.3) is 0 Å². The Bertz CT molecular complexity index is 445. The van der Waals surface area contributed by atoms with Gasteiger partial charge in [0.25, 0.3) is 0 Å². The summed E-state index contributed by atoms with van der Waals surface area (Å²) in [6, 6.07) is 3.83. The van der Waals surface area contributed by atoms with Crippen molar-refractivity contribution in [2.24, 2.45) is 0 Å². The van der Waals surface area contributed by atoms with E-state index in [-0.39, 0.29) is 5.97 Å². The first kappa shape index (κ1) is 15.1. The van der Waals surface area contributed by atoms with Gasteiger partial charge in [-0.05, 0) is 18.6 Å². The summed E-state index contributed by atoms with van der Waals surface area (Å²) >= 11 is 0.